The van der Waals surface area contributed by atoms with Gasteiger partial charge in [-0.1, -0.05) is 48.5 Å². The molecule has 0 aromatic heterocycles. The predicted octanol–water partition coefficient (Wildman–Crippen LogP) is 3.25. The van der Waals surface area contributed by atoms with Gasteiger partial charge in [-0.2, -0.15) is 5.26 Å². The average molecular weight is 280 g/mol. The van der Waals surface area contributed by atoms with Crippen LogP contribution in [0.3, 0.4) is 0 Å². The van der Waals surface area contributed by atoms with Crippen molar-refractivity contribution in [2.45, 2.75) is 19.6 Å². The Hall–Kier alpha value is -2.15. The van der Waals surface area contributed by atoms with Gasteiger partial charge in [0.1, 0.15) is 0 Å². The standard InChI is InChI=1S/C18H20N2O/c19-13-17-9-4-5-10-18(17)15-21-12-6-11-20-14-16-7-2-1-3-8-16/h1-5,7-10,20H,6,11-12,14-15H2. The first-order valence-electron chi connectivity index (χ1n) is 7.20. The molecule has 0 fully saturated rings. The van der Waals surface area contributed by atoms with Gasteiger partial charge in [-0.3, -0.25) is 0 Å². The lowest BCUT2D eigenvalue weighted by Gasteiger charge is -2.07. The van der Waals surface area contributed by atoms with E-state index in [1.165, 1.54) is 5.56 Å². The van der Waals surface area contributed by atoms with E-state index in [0.29, 0.717) is 18.8 Å². The van der Waals surface area contributed by atoms with E-state index < -0.39 is 0 Å². The normalized spacial score (nSPS) is 10.2. The van der Waals surface area contributed by atoms with Crippen molar-refractivity contribution in [3.63, 3.8) is 0 Å². The van der Waals surface area contributed by atoms with E-state index in [1.807, 2.05) is 42.5 Å². The molecule has 0 aliphatic heterocycles. The summed E-state index contributed by atoms with van der Waals surface area (Å²) >= 11 is 0. The molecule has 21 heavy (non-hydrogen) atoms. The maximum Gasteiger partial charge on any atom is 0.0995 e. The van der Waals surface area contributed by atoms with Crippen LogP contribution in [0.5, 0.6) is 0 Å². The van der Waals surface area contributed by atoms with Crippen molar-refractivity contribution in [3.8, 4) is 6.07 Å². The highest BCUT2D eigenvalue weighted by Crippen LogP contribution is 2.08. The van der Waals surface area contributed by atoms with Crippen LogP contribution >= 0.6 is 0 Å². The van der Waals surface area contributed by atoms with Gasteiger partial charge in [0.05, 0.1) is 18.2 Å². The zero-order valence-corrected chi connectivity index (χ0v) is 12.1. The molecule has 0 atom stereocenters. The molecular formula is C18H20N2O. The molecule has 0 radical (unpaired) electrons. The van der Waals surface area contributed by atoms with Gasteiger partial charge >= 0.3 is 0 Å². The van der Waals surface area contributed by atoms with Crippen molar-refractivity contribution < 1.29 is 4.74 Å². The second-order valence-electron chi connectivity index (χ2n) is 4.84. The highest BCUT2D eigenvalue weighted by Gasteiger charge is 2.00. The highest BCUT2D eigenvalue weighted by atomic mass is 16.5. The highest BCUT2D eigenvalue weighted by molar-refractivity contribution is 5.36. The molecule has 2 aromatic carbocycles. The molecule has 0 amide bonds. The van der Waals surface area contributed by atoms with Gasteiger partial charge in [0.2, 0.25) is 0 Å². The predicted molar refractivity (Wildman–Crippen MR) is 83.6 cm³/mol. The van der Waals surface area contributed by atoms with Crippen molar-refractivity contribution >= 4 is 0 Å². The van der Waals surface area contributed by atoms with Crippen LogP contribution in [-0.4, -0.2) is 13.2 Å². The fourth-order valence-electron chi connectivity index (χ4n) is 2.07. The number of hydrogen-bond donors (Lipinski definition) is 1. The molecule has 0 spiro atoms. The van der Waals surface area contributed by atoms with E-state index in [9.17, 15) is 0 Å². The van der Waals surface area contributed by atoms with Gasteiger partial charge in [-0.15, -0.1) is 0 Å². The second kappa shape index (κ2) is 8.91. The summed E-state index contributed by atoms with van der Waals surface area (Å²) in [4.78, 5) is 0. The third kappa shape index (κ3) is 5.39. The van der Waals surface area contributed by atoms with Gasteiger partial charge in [-0.05, 0) is 30.2 Å². The Morgan fingerprint density at radius 1 is 1.00 bits per heavy atom. The maximum absolute atomic E-state index is 8.98. The summed E-state index contributed by atoms with van der Waals surface area (Å²) in [7, 11) is 0. The zero-order valence-electron chi connectivity index (χ0n) is 12.1. The van der Waals surface area contributed by atoms with E-state index in [-0.39, 0.29) is 0 Å². The number of nitrogens with one attached hydrogen (secondary N) is 1. The first-order valence-corrected chi connectivity index (χ1v) is 7.20. The van der Waals surface area contributed by atoms with Crippen LogP contribution in [0.15, 0.2) is 54.6 Å². The molecule has 1 N–H and O–H groups in total. The SMILES string of the molecule is N#Cc1ccccc1COCCCNCc1ccccc1. The van der Waals surface area contributed by atoms with Crippen molar-refractivity contribution in [1.29, 1.82) is 5.26 Å². The summed E-state index contributed by atoms with van der Waals surface area (Å²) in [5.74, 6) is 0. The average Bonchev–Trinajstić information content (AvgIpc) is 2.55. The van der Waals surface area contributed by atoms with Crippen LogP contribution in [0.25, 0.3) is 0 Å². The van der Waals surface area contributed by atoms with Crippen LogP contribution in [0.1, 0.15) is 23.1 Å². The first kappa shape index (κ1) is 15.2. The largest absolute Gasteiger partial charge is 0.377 e. The molecular weight excluding hydrogens is 260 g/mol. The van der Waals surface area contributed by atoms with Gasteiger partial charge in [0, 0.05) is 13.2 Å². The third-order valence-electron chi connectivity index (χ3n) is 3.21. The lowest BCUT2D eigenvalue weighted by atomic mass is 10.1. The molecule has 0 saturated carbocycles. The van der Waals surface area contributed by atoms with E-state index in [1.54, 1.807) is 0 Å². The van der Waals surface area contributed by atoms with Gasteiger partial charge < -0.3 is 10.1 Å². The Morgan fingerprint density at radius 3 is 2.57 bits per heavy atom. The smallest absolute Gasteiger partial charge is 0.0995 e. The Morgan fingerprint density at radius 2 is 1.76 bits per heavy atom. The summed E-state index contributed by atoms with van der Waals surface area (Å²) in [6.07, 6.45) is 0.960. The molecule has 0 aliphatic carbocycles. The number of nitrogens with zero attached hydrogens (tertiary/aromatic N) is 1. The summed E-state index contributed by atoms with van der Waals surface area (Å²) in [6, 6.07) is 20.1. The lowest BCUT2D eigenvalue weighted by molar-refractivity contribution is 0.118. The number of hydrogen-bond acceptors (Lipinski definition) is 3. The van der Waals surface area contributed by atoms with Crippen molar-refractivity contribution in [2.24, 2.45) is 0 Å². The van der Waals surface area contributed by atoms with Crippen LogP contribution in [-0.2, 0) is 17.9 Å². The fraction of sp³-hybridized carbons (Fsp3) is 0.278. The molecule has 0 aliphatic rings. The molecule has 0 bridgehead atoms. The van der Waals surface area contributed by atoms with E-state index >= 15 is 0 Å². The first-order chi connectivity index (χ1) is 10.4. The maximum atomic E-state index is 8.98. The molecule has 0 unspecified atom stereocenters. The van der Waals surface area contributed by atoms with E-state index in [0.717, 1.165) is 25.1 Å². The summed E-state index contributed by atoms with van der Waals surface area (Å²) < 4.78 is 5.62. The zero-order chi connectivity index (χ0) is 14.8. The quantitative estimate of drug-likeness (QED) is 0.755. The second-order valence-corrected chi connectivity index (χ2v) is 4.84. The molecule has 108 valence electrons. The third-order valence-corrected chi connectivity index (χ3v) is 3.21. The van der Waals surface area contributed by atoms with Crippen LogP contribution in [0.2, 0.25) is 0 Å². The topological polar surface area (TPSA) is 45.0 Å². The van der Waals surface area contributed by atoms with Crippen LogP contribution in [0, 0.1) is 11.3 Å². The molecule has 0 saturated heterocycles. The van der Waals surface area contributed by atoms with Crippen LogP contribution < -0.4 is 5.32 Å². The minimum Gasteiger partial charge on any atom is -0.377 e. The minimum atomic E-state index is 0.502. The molecule has 0 heterocycles. The Kier molecular flexibility index (Phi) is 6.47. The number of rotatable bonds is 8. The Bertz CT molecular complexity index is 575. The van der Waals surface area contributed by atoms with Crippen molar-refractivity contribution in [2.75, 3.05) is 13.2 Å². The molecule has 2 rings (SSSR count). The van der Waals surface area contributed by atoms with Gasteiger partial charge in [-0.25, -0.2) is 0 Å². The lowest BCUT2D eigenvalue weighted by Crippen LogP contribution is -2.16. The van der Waals surface area contributed by atoms with E-state index in [2.05, 4.69) is 23.5 Å². The minimum absolute atomic E-state index is 0.502. The number of ether oxygens (including phenoxy) is 1. The van der Waals surface area contributed by atoms with Crippen LogP contribution in [0.4, 0.5) is 0 Å². The summed E-state index contributed by atoms with van der Waals surface area (Å²) in [6.45, 7) is 3.01. The Balaban J connectivity index is 1.57. The number of benzene rings is 2. The molecule has 2 aromatic rings. The van der Waals surface area contributed by atoms with Crippen molar-refractivity contribution in [1.82, 2.24) is 5.32 Å². The molecule has 3 heteroatoms. The number of nitriles is 1. The summed E-state index contributed by atoms with van der Waals surface area (Å²) in [5, 5.41) is 12.4. The Labute approximate surface area is 126 Å². The monoisotopic (exact) mass is 280 g/mol. The van der Waals surface area contributed by atoms with Gasteiger partial charge in [0.25, 0.3) is 0 Å². The van der Waals surface area contributed by atoms with E-state index in [4.69, 9.17) is 10.00 Å². The van der Waals surface area contributed by atoms with Gasteiger partial charge in [0.15, 0.2) is 0 Å². The molecule has 3 nitrogen and oxygen atoms in total. The van der Waals surface area contributed by atoms with Crippen molar-refractivity contribution in [3.05, 3.63) is 71.3 Å². The summed E-state index contributed by atoms with van der Waals surface area (Å²) in [5.41, 5.74) is 2.94. The fourth-order valence-corrected chi connectivity index (χ4v) is 2.07.